The molecule has 0 unspecified atom stereocenters. The predicted molar refractivity (Wildman–Crippen MR) is 47.6 cm³/mol. The number of hydrogen-bond donors (Lipinski definition) is 0. The largest absolute Gasteiger partial charge is 0.488 e. The molecule has 0 saturated carbocycles. The Hall–Kier alpha value is -1.09. The molecule has 1 aromatic rings. The van der Waals surface area contributed by atoms with Crippen LogP contribution in [0.3, 0.4) is 0 Å². The monoisotopic (exact) mass is 202 g/mol. The van der Waals surface area contributed by atoms with Gasteiger partial charge in [0.2, 0.25) is 0 Å². The highest BCUT2D eigenvalue weighted by molar-refractivity contribution is 6.32. The van der Waals surface area contributed by atoms with Gasteiger partial charge in [-0.05, 0) is 12.1 Å². The van der Waals surface area contributed by atoms with E-state index in [0.29, 0.717) is 6.29 Å². The van der Waals surface area contributed by atoms with E-state index >= 15 is 0 Å². The van der Waals surface area contributed by atoms with E-state index in [2.05, 4.69) is 0 Å². The smallest absolute Gasteiger partial charge is 0.173 e. The molecule has 1 rings (SSSR count). The van der Waals surface area contributed by atoms with Crippen molar-refractivity contribution in [1.82, 2.24) is 0 Å². The average Bonchev–Trinajstić information content (AvgIpc) is 2.10. The first-order valence-electron chi connectivity index (χ1n) is 3.76. The Balaban J connectivity index is 2.69. The number of para-hydroxylation sites is 1. The highest BCUT2D eigenvalue weighted by Crippen LogP contribution is 2.26. The van der Waals surface area contributed by atoms with Crippen LogP contribution in [0.5, 0.6) is 5.75 Å². The summed E-state index contributed by atoms with van der Waals surface area (Å²) < 4.78 is 17.9. The molecule has 0 amide bonds. The fraction of sp³-hybridized carbons (Fsp3) is 0.222. The highest BCUT2D eigenvalue weighted by atomic mass is 35.5. The maximum absolute atomic E-state index is 13.0. The maximum atomic E-state index is 13.0. The number of hydrogen-bond acceptors (Lipinski definition) is 2. The first-order chi connectivity index (χ1) is 6.25. The van der Waals surface area contributed by atoms with Gasteiger partial charge in [-0.1, -0.05) is 17.7 Å². The third-order valence-electron chi connectivity index (χ3n) is 1.40. The Morgan fingerprint density at radius 3 is 2.92 bits per heavy atom. The molecule has 1 aromatic carbocycles. The normalized spacial score (nSPS) is 9.69. The quantitative estimate of drug-likeness (QED) is 0.554. The van der Waals surface area contributed by atoms with E-state index in [9.17, 15) is 9.18 Å². The van der Waals surface area contributed by atoms with E-state index in [0.717, 1.165) is 0 Å². The molecule has 0 saturated heterocycles. The van der Waals surface area contributed by atoms with Gasteiger partial charge in [-0.2, -0.15) is 0 Å². The molecule has 70 valence electrons. The zero-order valence-electron chi connectivity index (χ0n) is 6.80. The Kier molecular flexibility index (Phi) is 3.71. The van der Waals surface area contributed by atoms with Gasteiger partial charge in [0.25, 0.3) is 0 Å². The second kappa shape index (κ2) is 4.82. The van der Waals surface area contributed by atoms with Crippen LogP contribution in [0.15, 0.2) is 18.2 Å². The molecular formula is C9H8ClFO2. The van der Waals surface area contributed by atoms with Crippen molar-refractivity contribution in [2.75, 3.05) is 6.61 Å². The van der Waals surface area contributed by atoms with E-state index in [1.807, 2.05) is 0 Å². The van der Waals surface area contributed by atoms with Crippen LogP contribution in [-0.4, -0.2) is 12.9 Å². The minimum absolute atomic E-state index is 0.00557. The van der Waals surface area contributed by atoms with Gasteiger partial charge in [0.15, 0.2) is 11.6 Å². The molecule has 13 heavy (non-hydrogen) atoms. The van der Waals surface area contributed by atoms with Crippen molar-refractivity contribution in [2.24, 2.45) is 0 Å². The fourth-order valence-corrected chi connectivity index (χ4v) is 1.05. The standard InChI is InChI=1S/C9H8ClFO2/c10-7-3-1-4-8(11)9(7)13-6-2-5-12/h1,3-5H,2,6H2. The average molecular weight is 203 g/mol. The molecule has 0 bridgehead atoms. The van der Waals surface area contributed by atoms with Crippen LogP contribution >= 0.6 is 11.6 Å². The minimum Gasteiger partial charge on any atom is -0.488 e. The van der Waals surface area contributed by atoms with Crippen molar-refractivity contribution in [2.45, 2.75) is 6.42 Å². The van der Waals surface area contributed by atoms with Crippen LogP contribution in [-0.2, 0) is 4.79 Å². The molecule has 0 radical (unpaired) electrons. The number of carbonyl (C=O) groups excluding carboxylic acids is 1. The van der Waals surface area contributed by atoms with Gasteiger partial charge in [-0.3, -0.25) is 0 Å². The lowest BCUT2D eigenvalue weighted by Gasteiger charge is -2.06. The Morgan fingerprint density at radius 2 is 2.31 bits per heavy atom. The van der Waals surface area contributed by atoms with Crippen molar-refractivity contribution in [3.8, 4) is 5.75 Å². The van der Waals surface area contributed by atoms with Crippen LogP contribution in [0.4, 0.5) is 4.39 Å². The van der Waals surface area contributed by atoms with Gasteiger partial charge >= 0.3 is 0 Å². The number of ether oxygens (including phenoxy) is 1. The SMILES string of the molecule is O=CCCOc1c(F)cccc1Cl. The molecule has 0 aliphatic heterocycles. The summed E-state index contributed by atoms with van der Waals surface area (Å²) in [5, 5.41) is 0.214. The van der Waals surface area contributed by atoms with Gasteiger partial charge in [-0.25, -0.2) is 4.39 Å². The maximum Gasteiger partial charge on any atom is 0.173 e. The second-order valence-electron chi connectivity index (χ2n) is 2.35. The number of benzene rings is 1. The molecule has 0 atom stereocenters. The number of aldehydes is 1. The van der Waals surface area contributed by atoms with Crippen molar-refractivity contribution >= 4 is 17.9 Å². The van der Waals surface area contributed by atoms with Gasteiger partial charge in [0, 0.05) is 6.42 Å². The van der Waals surface area contributed by atoms with E-state index in [-0.39, 0.29) is 23.8 Å². The zero-order valence-corrected chi connectivity index (χ0v) is 7.55. The van der Waals surface area contributed by atoms with E-state index in [1.165, 1.54) is 18.2 Å². The van der Waals surface area contributed by atoms with Gasteiger partial charge in [0.05, 0.1) is 11.6 Å². The third-order valence-corrected chi connectivity index (χ3v) is 1.70. The van der Waals surface area contributed by atoms with Crippen molar-refractivity contribution < 1.29 is 13.9 Å². The summed E-state index contributed by atoms with van der Waals surface area (Å²) in [6, 6.07) is 4.27. The van der Waals surface area contributed by atoms with E-state index in [4.69, 9.17) is 16.3 Å². The molecule has 2 nitrogen and oxygen atoms in total. The fourth-order valence-electron chi connectivity index (χ4n) is 0.830. The molecule has 0 fully saturated rings. The Bertz CT molecular complexity index is 281. The molecule has 4 heteroatoms. The molecule has 0 aromatic heterocycles. The van der Waals surface area contributed by atoms with Crippen LogP contribution < -0.4 is 4.74 Å². The van der Waals surface area contributed by atoms with Crippen molar-refractivity contribution in [3.05, 3.63) is 29.0 Å². The van der Waals surface area contributed by atoms with Gasteiger partial charge in [0.1, 0.15) is 6.29 Å². The Morgan fingerprint density at radius 1 is 1.54 bits per heavy atom. The number of rotatable bonds is 4. The van der Waals surface area contributed by atoms with Gasteiger partial charge in [-0.15, -0.1) is 0 Å². The van der Waals surface area contributed by atoms with Crippen LogP contribution in [0.25, 0.3) is 0 Å². The predicted octanol–water partition coefficient (Wildman–Crippen LogP) is 2.45. The first kappa shape index (κ1) is 9.99. The molecule has 0 aliphatic rings. The number of carbonyl (C=O) groups is 1. The summed E-state index contributed by atoms with van der Waals surface area (Å²) in [6.45, 7) is 0.143. The van der Waals surface area contributed by atoms with Crippen LogP contribution in [0, 0.1) is 5.82 Å². The van der Waals surface area contributed by atoms with Crippen molar-refractivity contribution in [3.63, 3.8) is 0 Å². The van der Waals surface area contributed by atoms with E-state index in [1.54, 1.807) is 0 Å². The first-order valence-corrected chi connectivity index (χ1v) is 4.14. The molecular weight excluding hydrogens is 195 g/mol. The summed E-state index contributed by atoms with van der Waals surface area (Å²) in [4.78, 5) is 9.96. The zero-order chi connectivity index (χ0) is 9.68. The van der Waals surface area contributed by atoms with Crippen molar-refractivity contribution in [1.29, 1.82) is 0 Å². The third kappa shape index (κ3) is 2.70. The second-order valence-corrected chi connectivity index (χ2v) is 2.76. The molecule has 0 aliphatic carbocycles. The summed E-state index contributed by atoms with van der Waals surface area (Å²) >= 11 is 5.66. The highest BCUT2D eigenvalue weighted by Gasteiger charge is 2.06. The minimum atomic E-state index is -0.515. The summed E-state index contributed by atoms with van der Waals surface area (Å²) in [6.07, 6.45) is 0.930. The topological polar surface area (TPSA) is 26.3 Å². The lowest BCUT2D eigenvalue weighted by Crippen LogP contribution is -1.99. The summed E-state index contributed by atoms with van der Waals surface area (Å²) in [5.41, 5.74) is 0. The van der Waals surface area contributed by atoms with Crippen LogP contribution in [0.2, 0.25) is 5.02 Å². The summed E-state index contributed by atoms with van der Waals surface area (Å²) in [5.74, 6) is -0.510. The molecule has 0 heterocycles. The Labute approximate surface area is 80.3 Å². The molecule has 0 N–H and O–H groups in total. The summed E-state index contributed by atoms with van der Waals surface area (Å²) in [7, 11) is 0. The lowest BCUT2D eigenvalue weighted by molar-refractivity contribution is -0.108. The number of halogens is 2. The van der Waals surface area contributed by atoms with E-state index < -0.39 is 5.82 Å². The molecule has 0 spiro atoms. The lowest BCUT2D eigenvalue weighted by atomic mass is 10.3. The van der Waals surface area contributed by atoms with Gasteiger partial charge < -0.3 is 9.53 Å². The van der Waals surface area contributed by atoms with Crippen LogP contribution in [0.1, 0.15) is 6.42 Å².